The quantitative estimate of drug-likeness (QED) is 0.699. The van der Waals surface area contributed by atoms with Crippen molar-refractivity contribution < 1.29 is 19.8 Å². The van der Waals surface area contributed by atoms with E-state index in [0.717, 1.165) is 25.9 Å². The van der Waals surface area contributed by atoms with Crippen LogP contribution in [0, 0.1) is 0 Å². The van der Waals surface area contributed by atoms with E-state index in [9.17, 15) is 9.59 Å². The van der Waals surface area contributed by atoms with Crippen LogP contribution in [0.4, 0.5) is 0 Å². The third-order valence-electron chi connectivity index (χ3n) is 2.86. The van der Waals surface area contributed by atoms with Gasteiger partial charge in [0.25, 0.3) is 0 Å². The maximum Gasteiger partial charge on any atom is 0.333 e. The summed E-state index contributed by atoms with van der Waals surface area (Å²) in [6, 6.07) is 0. The molecule has 5 heteroatoms. The fraction of sp³-hybridized carbons (Fsp3) is 0.636. The van der Waals surface area contributed by atoms with Gasteiger partial charge in [0.1, 0.15) is 0 Å². The predicted molar refractivity (Wildman–Crippen MR) is 58.3 cm³/mol. The van der Waals surface area contributed by atoms with Crippen LogP contribution in [-0.4, -0.2) is 46.7 Å². The molecule has 90 valence electrons. The molecule has 1 fully saturated rings. The highest BCUT2D eigenvalue weighted by Crippen LogP contribution is 2.13. The second-order valence-electron chi connectivity index (χ2n) is 4.05. The molecular formula is C11H17NO4. The second kappa shape index (κ2) is 5.65. The highest BCUT2D eigenvalue weighted by molar-refractivity contribution is 5.98. The van der Waals surface area contributed by atoms with Gasteiger partial charge in [-0.25, -0.2) is 9.59 Å². The molecule has 5 nitrogen and oxygen atoms in total. The highest BCUT2D eigenvalue weighted by atomic mass is 16.4. The number of carbonyl (C=O) groups is 2. The predicted octanol–water partition coefficient (Wildman–Crippen LogP) is 0.958. The third kappa shape index (κ3) is 3.34. The first kappa shape index (κ1) is 12.7. The van der Waals surface area contributed by atoms with Gasteiger partial charge in [-0.15, -0.1) is 0 Å². The van der Waals surface area contributed by atoms with Crippen LogP contribution in [0.3, 0.4) is 0 Å². The first-order valence-corrected chi connectivity index (χ1v) is 5.41. The fourth-order valence-corrected chi connectivity index (χ4v) is 1.82. The van der Waals surface area contributed by atoms with Crippen LogP contribution >= 0.6 is 0 Å². The monoisotopic (exact) mass is 227 g/mol. The van der Waals surface area contributed by atoms with Crippen molar-refractivity contribution in [2.45, 2.75) is 26.2 Å². The van der Waals surface area contributed by atoms with Crippen molar-refractivity contribution in [3.8, 4) is 0 Å². The van der Waals surface area contributed by atoms with Gasteiger partial charge in [-0.05, 0) is 32.9 Å². The first-order valence-electron chi connectivity index (χ1n) is 5.41. The summed E-state index contributed by atoms with van der Waals surface area (Å²) >= 11 is 0. The van der Waals surface area contributed by atoms with Crippen LogP contribution in [0.25, 0.3) is 0 Å². The van der Waals surface area contributed by atoms with Gasteiger partial charge < -0.3 is 10.2 Å². The average Bonchev–Trinajstić information content (AvgIpc) is 2.26. The molecular weight excluding hydrogens is 210 g/mol. The van der Waals surface area contributed by atoms with Gasteiger partial charge in [0.2, 0.25) is 0 Å². The number of aliphatic carboxylic acids is 2. The third-order valence-corrected chi connectivity index (χ3v) is 2.86. The zero-order valence-corrected chi connectivity index (χ0v) is 9.40. The van der Waals surface area contributed by atoms with E-state index in [1.54, 1.807) is 0 Å². The Kier molecular flexibility index (Phi) is 4.49. The van der Waals surface area contributed by atoms with E-state index >= 15 is 0 Å². The Hall–Kier alpha value is -1.36. The van der Waals surface area contributed by atoms with E-state index in [4.69, 9.17) is 10.2 Å². The Bertz CT molecular complexity index is 316. The molecule has 0 saturated carbocycles. The maximum absolute atomic E-state index is 11.0. The number of likely N-dealkylation sites (tertiary alicyclic amines) is 1. The average molecular weight is 227 g/mol. The van der Waals surface area contributed by atoms with Gasteiger partial charge >= 0.3 is 11.9 Å². The molecule has 0 aromatic rings. The standard InChI is InChI=1S/C11H17NO4/c1-8(10(13)14)9(11(15)16)7-12-5-3-2-4-6-12/h2-7H2,1H3,(H,13,14)(H,15,16). The number of hydrogen-bond donors (Lipinski definition) is 2. The zero-order chi connectivity index (χ0) is 12.1. The molecule has 1 aliphatic rings. The minimum absolute atomic E-state index is 0.00519. The number of carboxylic acid groups (broad SMARTS) is 2. The number of hydrogen-bond acceptors (Lipinski definition) is 3. The molecule has 0 spiro atoms. The summed E-state index contributed by atoms with van der Waals surface area (Å²) in [4.78, 5) is 23.7. The van der Waals surface area contributed by atoms with Crippen molar-refractivity contribution in [1.29, 1.82) is 0 Å². The Balaban J connectivity index is 2.75. The summed E-state index contributed by atoms with van der Waals surface area (Å²) in [6.07, 6.45) is 3.28. The van der Waals surface area contributed by atoms with Gasteiger partial charge in [-0.2, -0.15) is 0 Å². The zero-order valence-electron chi connectivity index (χ0n) is 9.40. The molecule has 16 heavy (non-hydrogen) atoms. The Morgan fingerprint density at radius 3 is 2.06 bits per heavy atom. The number of carboxylic acids is 2. The second-order valence-corrected chi connectivity index (χ2v) is 4.05. The largest absolute Gasteiger partial charge is 0.478 e. The number of piperidine rings is 1. The Labute approximate surface area is 94.4 Å². The summed E-state index contributed by atoms with van der Waals surface area (Å²) in [6.45, 7) is 3.27. The van der Waals surface area contributed by atoms with Crippen molar-refractivity contribution in [3.05, 3.63) is 11.1 Å². The van der Waals surface area contributed by atoms with E-state index in [1.807, 2.05) is 4.90 Å². The topological polar surface area (TPSA) is 77.8 Å². The van der Waals surface area contributed by atoms with E-state index in [1.165, 1.54) is 13.3 Å². The molecule has 0 atom stereocenters. The van der Waals surface area contributed by atoms with Gasteiger partial charge in [0.05, 0.1) is 5.57 Å². The normalized spacial score (nSPS) is 19.1. The SMILES string of the molecule is CC(C(=O)O)=C(CN1CCCCC1)C(=O)O. The van der Waals surface area contributed by atoms with Crippen LogP contribution in [0.2, 0.25) is 0 Å². The Morgan fingerprint density at radius 2 is 1.62 bits per heavy atom. The van der Waals surface area contributed by atoms with Gasteiger partial charge in [0, 0.05) is 12.1 Å². The minimum Gasteiger partial charge on any atom is -0.478 e. The summed E-state index contributed by atoms with van der Waals surface area (Å²) < 4.78 is 0. The molecule has 0 radical (unpaired) electrons. The molecule has 0 amide bonds. The first-order chi connectivity index (χ1) is 7.52. The van der Waals surface area contributed by atoms with Crippen molar-refractivity contribution in [2.24, 2.45) is 0 Å². The molecule has 2 N–H and O–H groups in total. The molecule has 0 aliphatic carbocycles. The Morgan fingerprint density at radius 1 is 1.06 bits per heavy atom. The van der Waals surface area contributed by atoms with E-state index in [0.29, 0.717) is 0 Å². The van der Waals surface area contributed by atoms with Crippen LogP contribution in [0.15, 0.2) is 11.1 Å². The fourth-order valence-electron chi connectivity index (χ4n) is 1.82. The van der Waals surface area contributed by atoms with E-state index < -0.39 is 11.9 Å². The lowest BCUT2D eigenvalue weighted by Gasteiger charge is -2.26. The minimum atomic E-state index is -1.16. The number of nitrogens with zero attached hydrogens (tertiary/aromatic N) is 1. The lowest BCUT2D eigenvalue weighted by Crippen LogP contribution is -2.33. The van der Waals surface area contributed by atoms with Gasteiger partial charge in [-0.3, -0.25) is 4.90 Å². The summed E-state index contributed by atoms with van der Waals surface area (Å²) in [5, 5.41) is 17.8. The van der Waals surface area contributed by atoms with Crippen molar-refractivity contribution in [3.63, 3.8) is 0 Å². The van der Waals surface area contributed by atoms with Crippen LogP contribution in [0.1, 0.15) is 26.2 Å². The van der Waals surface area contributed by atoms with Crippen LogP contribution in [0.5, 0.6) is 0 Å². The molecule has 1 heterocycles. The molecule has 0 aromatic carbocycles. The lowest BCUT2D eigenvalue weighted by atomic mass is 10.1. The summed E-state index contributed by atoms with van der Waals surface area (Å²) in [5.41, 5.74) is -0.0764. The van der Waals surface area contributed by atoms with Crippen LogP contribution < -0.4 is 0 Å². The molecule has 1 aliphatic heterocycles. The van der Waals surface area contributed by atoms with Crippen molar-refractivity contribution >= 4 is 11.9 Å². The maximum atomic E-state index is 11.0. The summed E-state index contributed by atoms with van der Waals surface area (Å²) in [5.74, 6) is -2.29. The van der Waals surface area contributed by atoms with Gasteiger partial charge in [0.15, 0.2) is 0 Å². The van der Waals surface area contributed by atoms with E-state index in [-0.39, 0.29) is 17.7 Å². The smallest absolute Gasteiger partial charge is 0.333 e. The molecule has 1 saturated heterocycles. The van der Waals surface area contributed by atoms with E-state index in [2.05, 4.69) is 0 Å². The lowest BCUT2D eigenvalue weighted by molar-refractivity contribution is -0.136. The van der Waals surface area contributed by atoms with Crippen molar-refractivity contribution in [1.82, 2.24) is 4.90 Å². The summed E-state index contributed by atoms with van der Waals surface area (Å²) in [7, 11) is 0. The molecule has 1 rings (SSSR count). The van der Waals surface area contributed by atoms with Gasteiger partial charge in [-0.1, -0.05) is 6.42 Å². The molecule has 0 bridgehead atoms. The highest BCUT2D eigenvalue weighted by Gasteiger charge is 2.20. The molecule has 0 aromatic heterocycles. The van der Waals surface area contributed by atoms with Crippen LogP contribution in [-0.2, 0) is 9.59 Å². The van der Waals surface area contributed by atoms with Crippen molar-refractivity contribution in [2.75, 3.05) is 19.6 Å². The number of rotatable bonds is 4. The molecule has 0 unspecified atom stereocenters.